The number of hydrogen-bond acceptors (Lipinski definition) is 6. The zero-order chi connectivity index (χ0) is 24.1. The Bertz CT molecular complexity index is 384. The molecule has 0 radical (unpaired) electrons. The molecule has 198 valence electrons. The summed E-state index contributed by atoms with van der Waals surface area (Å²) in [5.74, 6) is 0.628. The van der Waals surface area contributed by atoms with Crippen LogP contribution in [0.3, 0.4) is 0 Å². The van der Waals surface area contributed by atoms with Gasteiger partial charge in [0.05, 0.1) is 46.2 Å². The Balaban J connectivity index is 3.12. The first-order valence-corrected chi connectivity index (χ1v) is 13.9. The van der Waals surface area contributed by atoms with E-state index in [0.717, 1.165) is 38.2 Å². The third kappa shape index (κ3) is 29.6. The molecule has 0 aromatic carbocycles. The Kier molecular flexibility index (Phi) is 29.3. The number of esters is 1. The average molecular weight is 495 g/mol. The molecule has 0 saturated heterocycles. The number of hydrogen-bond donors (Lipinski definition) is 0. The number of carbonyl (C=O) groups is 1. The fourth-order valence-corrected chi connectivity index (χ4v) is 3.47. The predicted molar refractivity (Wildman–Crippen MR) is 135 cm³/mol. The smallest absolute Gasteiger partial charge is 0.305 e. The van der Waals surface area contributed by atoms with Gasteiger partial charge in [-0.3, -0.25) is 4.79 Å². The van der Waals surface area contributed by atoms with Crippen LogP contribution in [0.1, 0.15) is 96.8 Å². The van der Waals surface area contributed by atoms with Gasteiger partial charge in [-0.15, -0.1) is 11.6 Å². The van der Waals surface area contributed by atoms with E-state index in [0.29, 0.717) is 59.3 Å². The SMILES string of the molecule is CCCCCCCCCCCC(=O)OCCOCCOCCOCCOCCCCCCCl. The summed E-state index contributed by atoms with van der Waals surface area (Å²) >= 11 is 5.64. The lowest BCUT2D eigenvalue weighted by atomic mass is 10.1. The summed E-state index contributed by atoms with van der Waals surface area (Å²) in [7, 11) is 0. The standard InChI is InChI=1S/C26H51ClO6/c1-2-3-4-5-6-7-8-9-12-15-26(28)33-25-24-32-23-22-31-21-20-30-19-18-29-17-14-11-10-13-16-27/h2-25H2,1H3. The maximum absolute atomic E-state index is 11.7. The van der Waals surface area contributed by atoms with Crippen LogP contribution in [0.15, 0.2) is 0 Å². The molecule has 0 spiro atoms. The number of ether oxygens (including phenoxy) is 5. The van der Waals surface area contributed by atoms with Crippen LogP contribution in [0, 0.1) is 0 Å². The van der Waals surface area contributed by atoms with Crippen molar-refractivity contribution >= 4 is 17.6 Å². The van der Waals surface area contributed by atoms with Crippen LogP contribution in [0.4, 0.5) is 0 Å². The minimum Gasteiger partial charge on any atom is -0.463 e. The van der Waals surface area contributed by atoms with Gasteiger partial charge in [0.25, 0.3) is 0 Å². The minimum absolute atomic E-state index is 0.120. The van der Waals surface area contributed by atoms with Crippen molar-refractivity contribution in [3.8, 4) is 0 Å². The molecule has 0 atom stereocenters. The van der Waals surface area contributed by atoms with Crippen molar-refractivity contribution < 1.29 is 28.5 Å². The first-order chi connectivity index (χ1) is 16.3. The van der Waals surface area contributed by atoms with Crippen molar-refractivity contribution in [3.05, 3.63) is 0 Å². The molecule has 0 unspecified atom stereocenters. The third-order valence-corrected chi connectivity index (χ3v) is 5.53. The van der Waals surface area contributed by atoms with E-state index in [-0.39, 0.29) is 5.97 Å². The second kappa shape index (κ2) is 29.6. The van der Waals surface area contributed by atoms with E-state index in [1.807, 2.05) is 0 Å². The highest BCUT2D eigenvalue weighted by Gasteiger charge is 2.02. The second-order valence-corrected chi connectivity index (χ2v) is 8.73. The Labute approximate surface area is 208 Å². The molecular weight excluding hydrogens is 444 g/mol. The fourth-order valence-electron chi connectivity index (χ4n) is 3.28. The van der Waals surface area contributed by atoms with E-state index >= 15 is 0 Å². The fraction of sp³-hybridized carbons (Fsp3) is 0.962. The minimum atomic E-state index is -0.120. The summed E-state index contributed by atoms with van der Waals surface area (Å²) in [6, 6.07) is 0. The average Bonchev–Trinajstić information content (AvgIpc) is 2.82. The van der Waals surface area contributed by atoms with E-state index < -0.39 is 0 Å². The molecule has 0 aliphatic heterocycles. The summed E-state index contributed by atoms with van der Waals surface area (Å²) in [6.45, 7) is 7.04. The van der Waals surface area contributed by atoms with E-state index in [1.165, 1.54) is 57.8 Å². The molecule has 0 aliphatic carbocycles. The van der Waals surface area contributed by atoms with Crippen molar-refractivity contribution in [2.24, 2.45) is 0 Å². The van der Waals surface area contributed by atoms with Gasteiger partial charge in [-0.05, 0) is 19.3 Å². The number of unbranched alkanes of at least 4 members (excludes halogenated alkanes) is 11. The molecule has 0 rings (SSSR count). The van der Waals surface area contributed by atoms with Crippen LogP contribution in [0.5, 0.6) is 0 Å². The van der Waals surface area contributed by atoms with Gasteiger partial charge in [-0.2, -0.15) is 0 Å². The Morgan fingerprint density at radius 1 is 0.515 bits per heavy atom. The zero-order valence-corrected chi connectivity index (χ0v) is 22.1. The maximum Gasteiger partial charge on any atom is 0.305 e. The molecule has 7 heteroatoms. The molecule has 0 aromatic heterocycles. The topological polar surface area (TPSA) is 63.2 Å². The molecule has 0 fully saturated rings. The molecule has 0 saturated carbocycles. The Morgan fingerprint density at radius 2 is 0.939 bits per heavy atom. The van der Waals surface area contributed by atoms with E-state index in [9.17, 15) is 4.79 Å². The molecule has 33 heavy (non-hydrogen) atoms. The van der Waals surface area contributed by atoms with Gasteiger partial charge in [0, 0.05) is 18.9 Å². The normalized spacial score (nSPS) is 11.2. The van der Waals surface area contributed by atoms with Crippen LogP contribution in [-0.4, -0.2) is 71.3 Å². The van der Waals surface area contributed by atoms with Gasteiger partial charge in [0.15, 0.2) is 0 Å². The molecule has 0 N–H and O–H groups in total. The maximum atomic E-state index is 11.7. The molecule has 0 bridgehead atoms. The number of carbonyl (C=O) groups excluding carboxylic acids is 1. The van der Waals surface area contributed by atoms with Crippen molar-refractivity contribution in [1.29, 1.82) is 0 Å². The first kappa shape index (κ1) is 32.6. The van der Waals surface area contributed by atoms with Crippen molar-refractivity contribution in [2.45, 2.75) is 96.8 Å². The number of alkyl halides is 1. The van der Waals surface area contributed by atoms with Crippen LogP contribution in [-0.2, 0) is 28.5 Å². The van der Waals surface area contributed by atoms with Crippen LogP contribution < -0.4 is 0 Å². The van der Waals surface area contributed by atoms with Gasteiger partial charge in [-0.1, -0.05) is 71.1 Å². The molecule has 0 aromatic rings. The Hall–Kier alpha value is -0.400. The van der Waals surface area contributed by atoms with Crippen molar-refractivity contribution in [1.82, 2.24) is 0 Å². The summed E-state index contributed by atoms with van der Waals surface area (Å²) in [5.41, 5.74) is 0. The van der Waals surface area contributed by atoms with Crippen LogP contribution in [0.2, 0.25) is 0 Å². The monoisotopic (exact) mass is 494 g/mol. The van der Waals surface area contributed by atoms with Gasteiger partial charge < -0.3 is 23.7 Å². The van der Waals surface area contributed by atoms with Crippen LogP contribution in [0.25, 0.3) is 0 Å². The molecule has 6 nitrogen and oxygen atoms in total. The van der Waals surface area contributed by atoms with Gasteiger partial charge in [0.2, 0.25) is 0 Å². The highest BCUT2D eigenvalue weighted by molar-refractivity contribution is 6.17. The number of halogens is 1. The second-order valence-electron chi connectivity index (χ2n) is 8.35. The largest absolute Gasteiger partial charge is 0.463 e. The zero-order valence-electron chi connectivity index (χ0n) is 21.3. The van der Waals surface area contributed by atoms with Crippen LogP contribution >= 0.6 is 11.6 Å². The molecular formula is C26H51ClO6. The number of rotatable bonds is 28. The van der Waals surface area contributed by atoms with Crippen molar-refractivity contribution in [3.63, 3.8) is 0 Å². The van der Waals surface area contributed by atoms with Gasteiger partial charge in [0.1, 0.15) is 6.61 Å². The lowest BCUT2D eigenvalue weighted by Gasteiger charge is -2.08. The molecule has 0 amide bonds. The third-order valence-electron chi connectivity index (χ3n) is 5.26. The highest BCUT2D eigenvalue weighted by atomic mass is 35.5. The Morgan fingerprint density at radius 3 is 1.48 bits per heavy atom. The van der Waals surface area contributed by atoms with Gasteiger partial charge in [-0.25, -0.2) is 0 Å². The summed E-state index contributed by atoms with van der Waals surface area (Å²) in [5, 5.41) is 0. The first-order valence-electron chi connectivity index (χ1n) is 13.3. The molecule has 0 heterocycles. The summed E-state index contributed by atoms with van der Waals surface area (Å²) in [6.07, 6.45) is 16.2. The quantitative estimate of drug-likeness (QED) is 0.0720. The lowest BCUT2D eigenvalue weighted by Crippen LogP contribution is -2.14. The lowest BCUT2D eigenvalue weighted by molar-refractivity contribution is -0.145. The summed E-state index contributed by atoms with van der Waals surface area (Å²) in [4.78, 5) is 11.7. The van der Waals surface area contributed by atoms with Crippen molar-refractivity contribution in [2.75, 3.05) is 65.3 Å². The highest BCUT2D eigenvalue weighted by Crippen LogP contribution is 2.10. The van der Waals surface area contributed by atoms with E-state index in [2.05, 4.69) is 6.92 Å². The summed E-state index contributed by atoms with van der Waals surface area (Å²) < 4.78 is 27.0. The van der Waals surface area contributed by atoms with E-state index in [1.54, 1.807) is 0 Å². The predicted octanol–water partition coefficient (Wildman–Crippen LogP) is 6.32. The molecule has 0 aliphatic rings. The van der Waals surface area contributed by atoms with Gasteiger partial charge >= 0.3 is 5.97 Å². The van der Waals surface area contributed by atoms with E-state index in [4.69, 9.17) is 35.3 Å².